The second-order valence-electron chi connectivity index (χ2n) is 5.37. The number of hydrogen-bond donors (Lipinski definition) is 0. The molecule has 0 spiro atoms. The van der Waals surface area contributed by atoms with Gasteiger partial charge in [-0.3, -0.25) is 4.79 Å². The smallest absolute Gasteiger partial charge is 0.254 e. The summed E-state index contributed by atoms with van der Waals surface area (Å²) in [6.45, 7) is 3.37. The van der Waals surface area contributed by atoms with Gasteiger partial charge in [0.15, 0.2) is 0 Å². The average Bonchev–Trinajstić information content (AvgIpc) is 2.89. The van der Waals surface area contributed by atoms with Gasteiger partial charge in [-0.15, -0.1) is 0 Å². The van der Waals surface area contributed by atoms with Crippen LogP contribution in [0.2, 0.25) is 0 Å². The van der Waals surface area contributed by atoms with E-state index in [0.29, 0.717) is 13.2 Å². The SMILES string of the molecule is Cc1ccc(Br)cc1C(=O)N1CCOC2CCCC21. The molecule has 0 bridgehead atoms. The van der Waals surface area contributed by atoms with E-state index in [0.717, 1.165) is 34.9 Å². The number of carbonyl (C=O) groups is 1. The third kappa shape index (κ3) is 2.43. The Hall–Kier alpha value is -0.870. The van der Waals surface area contributed by atoms with Crippen molar-refractivity contribution in [2.45, 2.75) is 38.3 Å². The van der Waals surface area contributed by atoms with Crippen LogP contribution >= 0.6 is 15.9 Å². The van der Waals surface area contributed by atoms with Gasteiger partial charge < -0.3 is 9.64 Å². The lowest BCUT2D eigenvalue weighted by Crippen LogP contribution is -2.51. The Bertz CT molecular complexity index is 503. The van der Waals surface area contributed by atoms with Gasteiger partial charge in [0.2, 0.25) is 0 Å². The van der Waals surface area contributed by atoms with Gasteiger partial charge in [-0.2, -0.15) is 0 Å². The fourth-order valence-electron chi connectivity index (χ4n) is 3.16. The molecule has 2 unspecified atom stereocenters. The number of amides is 1. The first-order chi connectivity index (χ1) is 9.16. The number of morpholine rings is 1. The molecule has 1 aromatic rings. The van der Waals surface area contributed by atoms with Gasteiger partial charge in [0.05, 0.1) is 18.8 Å². The topological polar surface area (TPSA) is 29.5 Å². The highest BCUT2D eigenvalue weighted by Gasteiger charge is 2.38. The third-order valence-corrected chi connectivity index (χ3v) is 4.67. The van der Waals surface area contributed by atoms with E-state index >= 15 is 0 Å². The lowest BCUT2D eigenvalue weighted by atomic mass is 10.0. The van der Waals surface area contributed by atoms with Gasteiger partial charge in [-0.05, 0) is 43.9 Å². The number of ether oxygens (including phenoxy) is 1. The maximum Gasteiger partial charge on any atom is 0.254 e. The van der Waals surface area contributed by atoms with Crippen molar-refractivity contribution in [3.8, 4) is 0 Å². The number of fused-ring (bicyclic) bond motifs is 1. The van der Waals surface area contributed by atoms with Crippen LogP contribution in [-0.2, 0) is 4.74 Å². The zero-order chi connectivity index (χ0) is 13.4. The standard InChI is InChI=1S/C15H18BrNO2/c1-10-5-6-11(16)9-12(10)15(18)17-7-8-19-14-4-2-3-13(14)17/h5-6,9,13-14H,2-4,7-8H2,1H3. The summed E-state index contributed by atoms with van der Waals surface area (Å²) in [6, 6.07) is 6.17. The fraction of sp³-hybridized carbons (Fsp3) is 0.533. The number of carbonyl (C=O) groups excluding carboxylic acids is 1. The van der Waals surface area contributed by atoms with E-state index in [2.05, 4.69) is 15.9 Å². The molecular weight excluding hydrogens is 306 g/mol. The first-order valence-corrected chi connectivity index (χ1v) is 7.65. The lowest BCUT2D eigenvalue weighted by Gasteiger charge is -2.38. The minimum atomic E-state index is 0.152. The quantitative estimate of drug-likeness (QED) is 0.794. The van der Waals surface area contributed by atoms with Crippen LogP contribution in [-0.4, -0.2) is 36.1 Å². The van der Waals surface area contributed by atoms with E-state index in [1.807, 2.05) is 30.0 Å². The Kier molecular flexibility index (Phi) is 3.63. The van der Waals surface area contributed by atoms with Crippen molar-refractivity contribution in [1.29, 1.82) is 0 Å². The summed E-state index contributed by atoms with van der Waals surface area (Å²) >= 11 is 3.45. The van der Waals surface area contributed by atoms with Crippen molar-refractivity contribution in [3.05, 3.63) is 33.8 Å². The zero-order valence-electron chi connectivity index (χ0n) is 11.1. The van der Waals surface area contributed by atoms with E-state index < -0.39 is 0 Å². The predicted octanol–water partition coefficient (Wildman–Crippen LogP) is 3.15. The van der Waals surface area contributed by atoms with Gasteiger partial charge in [0.1, 0.15) is 0 Å². The van der Waals surface area contributed by atoms with Crippen LogP contribution in [0.25, 0.3) is 0 Å². The lowest BCUT2D eigenvalue weighted by molar-refractivity contribution is -0.0445. The molecule has 0 N–H and O–H groups in total. The van der Waals surface area contributed by atoms with Crippen molar-refractivity contribution >= 4 is 21.8 Å². The summed E-state index contributed by atoms with van der Waals surface area (Å²) in [6.07, 6.45) is 3.58. The number of benzene rings is 1. The number of halogens is 1. The monoisotopic (exact) mass is 323 g/mol. The van der Waals surface area contributed by atoms with Crippen molar-refractivity contribution in [2.24, 2.45) is 0 Å². The first kappa shape index (κ1) is 13.1. The maximum absolute atomic E-state index is 12.8. The summed E-state index contributed by atoms with van der Waals surface area (Å²) in [5.41, 5.74) is 1.84. The summed E-state index contributed by atoms with van der Waals surface area (Å²) in [5.74, 6) is 0.152. The zero-order valence-corrected chi connectivity index (χ0v) is 12.6. The first-order valence-electron chi connectivity index (χ1n) is 6.85. The molecule has 2 fully saturated rings. The molecule has 1 aromatic carbocycles. The van der Waals surface area contributed by atoms with E-state index in [9.17, 15) is 4.79 Å². The Labute approximate surface area is 122 Å². The van der Waals surface area contributed by atoms with Gasteiger partial charge in [-0.25, -0.2) is 0 Å². The summed E-state index contributed by atoms with van der Waals surface area (Å²) in [7, 11) is 0. The molecule has 2 atom stereocenters. The Morgan fingerprint density at radius 3 is 3.11 bits per heavy atom. The molecule has 1 saturated carbocycles. The minimum Gasteiger partial charge on any atom is -0.374 e. The maximum atomic E-state index is 12.8. The predicted molar refractivity (Wildman–Crippen MR) is 77.3 cm³/mol. The fourth-order valence-corrected chi connectivity index (χ4v) is 3.52. The van der Waals surface area contributed by atoms with Crippen LogP contribution in [0.5, 0.6) is 0 Å². The second kappa shape index (κ2) is 5.25. The number of hydrogen-bond acceptors (Lipinski definition) is 2. The molecule has 1 aliphatic heterocycles. The molecule has 1 heterocycles. The molecule has 3 nitrogen and oxygen atoms in total. The molecule has 0 aromatic heterocycles. The molecular formula is C15H18BrNO2. The van der Waals surface area contributed by atoms with E-state index in [-0.39, 0.29) is 18.1 Å². The van der Waals surface area contributed by atoms with Crippen LogP contribution in [0.1, 0.15) is 35.2 Å². The minimum absolute atomic E-state index is 0.152. The summed E-state index contributed by atoms with van der Waals surface area (Å²) in [4.78, 5) is 14.8. The van der Waals surface area contributed by atoms with Gasteiger partial charge in [0.25, 0.3) is 5.91 Å². The highest BCUT2D eigenvalue weighted by Crippen LogP contribution is 2.31. The van der Waals surface area contributed by atoms with Gasteiger partial charge >= 0.3 is 0 Å². The van der Waals surface area contributed by atoms with E-state index in [1.54, 1.807) is 0 Å². The molecule has 1 saturated heterocycles. The molecule has 2 aliphatic rings. The van der Waals surface area contributed by atoms with Crippen LogP contribution < -0.4 is 0 Å². The van der Waals surface area contributed by atoms with Crippen LogP contribution in [0.4, 0.5) is 0 Å². The molecule has 1 amide bonds. The highest BCUT2D eigenvalue weighted by atomic mass is 79.9. The van der Waals surface area contributed by atoms with E-state index in [1.165, 1.54) is 0 Å². The second-order valence-corrected chi connectivity index (χ2v) is 6.28. The Morgan fingerprint density at radius 2 is 2.26 bits per heavy atom. The number of rotatable bonds is 1. The molecule has 102 valence electrons. The van der Waals surface area contributed by atoms with Crippen LogP contribution in [0, 0.1) is 6.92 Å². The van der Waals surface area contributed by atoms with E-state index in [4.69, 9.17) is 4.74 Å². The molecule has 4 heteroatoms. The highest BCUT2D eigenvalue weighted by molar-refractivity contribution is 9.10. The van der Waals surface area contributed by atoms with Crippen LogP contribution in [0.3, 0.4) is 0 Å². The Morgan fingerprint density at radius 1 is 1.42 bits per heavy atom. The molecule has 3 rings (SSSR count). The van der Waals surface area contributed by atoms with Crippen molar-refractivity contribution < 1.29 is 9.53 Å². The molecule has 19 heavy (non-hydrogen) atoms. The van der Waals surface area contributed by atoms with Gasteiger partial charge in [-0.1, -0.05) is 22.0 Å². The summed E-state index contributed by atoms with van der Waals surface area (Å²) < 4.78 is 6.73. The Balaban J connectivity index is 1.88. The van der Waals surface area contributed by atoms with Crippen molar-refractivity contribution in [1.82, 2.24) is 4.90 Å². The van der Waals surface area contributed by atoms with Crippen molar-refractivity contribution in [2.75, 3.05) is 13.2 Å². The van der Waals surface area contributed by atoms with Gasteiger partial charge in [0, 0.05) is 16.6 Å². The summed E-state index contributed by atoms with van der Waals surface area (Å²) in [5, 5.41) is 0. The van der Waals surface area contributed by atoms with Crippen LogP contribution in [0.15, 0.2) is 22.7 Å². The molecule has 0 radical (unpaired) electrons. The van der Waals surface area contributed by atoms with Crippen molar-refractivity contribution in [3.63, 3.8) is 0 Å². The average molecular weight is 324 g/mol. The normalized spacial score (nSPS) is 26.3. The number of nitrogens with zero attached hydrogens (tertiary/aromatic N) is 1. The largest absolute Gasteiger partial charge is 0.374 e. The number of aryl methyl sites for hydroxylation is 1. The third-order valence-electron chi connectivity index (χ3n) is 4.17. The molecule has 1 aliphatic carbocycles.